The Kier molecular flexibility index (Phi) is 5.31. The lowest BCUT2D eigenvalue weighted by atomic mass is 10.1. The molecular formula is C18H20F3N3O2. The molecule has 0 atom stereocenters. The van der Waals surface area contributed by atoms with Gasteiger partial charge >= 0.3 is 6.18 Å². The van der Waals surface area contributed by atoms with Crippen molar-refractivity contribution in [3.05, 3.63) is 57.3 Å². The summed E-state index contributed by atoms with van der Waals surface area (Å²) in [6.07, 6.45) is -3.39. The van der Waals surface area contributed by atoms with Crippen LogP contribution in [0.25, 0.3) is 0 Å². The molecule has 1 aromatic carbocycles. The fourth-order valence-corrected chi connectivity index (χ4v) is 2.92. The van der Waals surface area contributed by atoms with E-state index in [1.54, 1.807) is 0 Å². The van der Waals surface area contributed by atoms with Crippen LogP contribution in [0.3, 0.4) is 0 Å². The Balaban J connectivity index is 1.70. The molecule has 1 N–H and O–H groups in total. The molecule has 0 saturated carbocycles. The monoisotopic (exact) mass is 367 g/mol. The maximum atomic E-state index is 12.8. The number of H-pyrrole nitrogens is 1. The Morgan fingerprint density at radius 1 is 1.27 bits per heavy atom. The number of hydrogen-bond donors (Lipinski definition) is 1. The highest BCUT2D eigenvalue weighted by atomic mass is 19.4. The fourth-order valence-electron chi connectivity index (χ4n) is 2.92. The van der Waals surface area contributed by atoms with Gasteiger partial charge < -0.3 is 9.72 Å². The molecule has 0 saturated heterocycles. The van der Waals surface area contributed by atoms with Gasteiger partial charge in [-0.3, -0.25) is 9.69 Å². The Labute approximate surface area is 148 Å². The van der Waals surface area contributed by atoms with Crippen LogP contribution in [0.2, 0.25) is 0 Å². The summed E-state index contributed by atoms with van der Waals surface area (Å²) < 4.78 is 43.8. The number of hydrogen-bond acceptors (Lipinski definition) is 4. The molecule has 0 bridgehead atoms. The minimum absolute atomic E-state index is 0.237. The van der Waals surface area contributed by atoms with Gasteiger partial charge in [0.15, 0.2) is 0 Å². The van der Waals surface area contributed by atoms with Crippen molar-refractivity contribution in [2.45, 2.75) is 39.0 Å². The van der Waals surface area contributed by atoms with E-state index in [1.807, 2.05) is 41.1 Å². The molecule has 5 nitrogen and oxygen atoms in total. The lowest BCUT2D eigenvalue weighted by Gasteiger charge is -2.27. The average Bonchev–Trinajstić information content (AvgIpc) is 2.61. The molecule has 3 rings (SSSR count). The first-order valence-corrected chi connectivity index (χ1v) is 8.50. The third-order valence-electron chi connectivity index (χ3n) is 4.22. The van der Waals surface area contributed by atoms with Gasteiger partial charge in [-0.25, -0.2) is 4.98 Å². The number of alkyl halides is 3. The summed E-state index contributed by atoms with van der Waals surface area (Å²) in [4.78, 5) is 19.5. The molecule has 8 heteroatoms. The predicted molar refractivity (Wildman–Crippen MR) is 89.9 cm³/mol. The van der Waals surface area contributed by atoms with Crippen LogP contribution >= 0.6 is 0 Å². The van der Waals surface area contributed by atoms with E-state index in [2.05, 4.69) is 4.98 Å². The van der Waals surface area contributed by atoms with Crippen LogP contribution in [0.15, 0.2) is 29.1 Å². The van der Waals surface area contributed by atoms with Crippen molar-refractivity contribution < 1.29 is 17.9 Å². The lowest BCUT2D eigenvalue weighted by molar-refractivity contribution is -0.145. The van der Waals surface area contributed by atoms with Crippen LogP contribution in [0, 0.1) is 0 Å². The van der Waals surface area contributed by atoms with Crippen molar-refractivity contribution in [1.82, 2.24) is 14.9 Å². The summed E-state index contributed by atoms with van der Waals surface area (Å²) in [7, 11) is 0. The first-order valence-electron chi connectivity index (χ1n) is 8.50. The van der Waals surface area contributed by atoms with E-state index < -0.39 is 17.6 Å². The number of nitrogens with one attached hydrogen (secondary N) is 1. The van der Waals surface area contributed by atoms with Gasteiger partial charge in [-0.05, 0) is 24.1 Å². The van der Waals surface area contributed by atoms with Gasteiger partial charge in [-0.15, -0.1) is 0 Å². The van der Waals surface area contributed by atoms with Crippen molar-refractivity contribution in [3.8, 4) is 5.75 Å². The number of rotatable bonds is 5. The van der Waals surface area contributed by atoms with E-state index in [4.69, 9.17) is 4.74 Å². The molecule has 140 valence electrons. The maximum absolute atomic E-state index is 12.8. The average molecular weight is 367 g/mol. The molecular weight excluding hydrogens is 347 g/mol. The molecule has 2 heterocycles. The number of ether oxygens (including phenoxy) is 1. The normalized spacial score (nSPS) is 14.9. The molecule has 1 aromatic heterocycles. The van der Waals surface area contributed by atoms with Gasteiger partial charge in [0.05, 0.1) is 17.9 Å². The minimum Gasteiger partial charge on any atom is -0.494 e. The maximum Gasteiger partial charge on any atom is 0.449 e. The van der Waals surface area contributed by atoms with Gasteiger partial charge in [-0.2, -0.15) is 13.2 Å². The zero-order valence-corrected chi connectivity index (χ0v) is 14.4. The second-order valence-corrected chi connectivity index (χ2v) is 6.29. The zero-order chi connectivity index (χ0) is 18.7. The van der Waals surface area contributed by atoms with Gasteiger partial charge in [0.1, 0.15) is 5.75 Å². The SMILES string of the molecule is CCCOc1ccc(CN2CCc3nc(C(F)(F)F)[nH]c(=O)c3C2)cc1. The Bertz CT molecular complexity index is 816. The Hall–Kier alpha value is -2.35. The van der Waals surface area contributed by atoms with Gasteiger partial charge in [0.25, 0.3) is 5.56 Å². The van der Waals surface area contributed by atoms with Crippen molar-refractivity contribution in [2.75, 3.05) is 13.2 Å². The summed E-state index contributed by atoms with van der Waals surface area (Å²) in [5.41, 5.74) is 0.886. The number of benzene rings is 1. The highest BCUT2D eigenvalue weighted by molar-refractivity contribution is 5.28. The van der Waals surface area contributed by atoms with E-state index in [9.17, 15) is 18.0 Å². The standard InChI is InChI=1S/C18H20F3N3O2/c1-2-9-26-13-5-3-12(4-6-13)10-24-8-7-15-14(11-24)16(25)23-17(22-15)18(19,20)21/h3-6H,2,7-11H2,1H3,(H,22,23,25). The number of halogens is 3. The van der Waals surface area contributed by atoms with Crippen LogP contribution in [0.1, 0.15) is 36.0 Å². The highest BCUT2D eigenvalue weighted by Gasteiger charge is 2.35. The van der Waals surface area contributed by atoms with E-state index >= 15 is 0 Å². The molecule has 0 unspecified atom stereocenters. The molecule has 0 aliphatic carbocycles. The molecule has 0 fully saturated rings. The molecule has 1 aliphatic rings. The van der Waals surface area contributed by atoms with Crippen molar-refractivity contribution >= 4 is 0 Å². The Morgan fingerprint density at radius 3 is 2.65 bits per heavy atom. The van der Waals surface area contributed by atoms with E-state index in [0.717, 1.165) is 17.7 Å². The van der Waals surface area contributed by atoms with Crippen molar-refractivity contribution in [2.24, 2.45) is 0 Å². The molecule has 0 radical (unpaired) electrons. The first-order chi connectivity index (χ1) is 12.4. The topological polar surface area (TPSA) is 58.2 Å². The number of nitrogens with zero attached hydrogens (tertiary/aromatic N) is 2. The van der Waals surface area contributed by atoms with E-state index in [1.165, 1.54) is 0 Å². The van der Waals surface area contributed by atoms with E-state index in [-0.39, 0.29) is 12.2 Å². The van der Waals surface area contributed by atoms with E-state index in [0.29, 0.717) is 31.7 Å². The zero-order valence-electron chi connectivity index (χ0n) is 14.4. The summed E-state index contributed by atoms with van der Waals surface area (Å²) in [5.74, 6) is -0.419. The van der Waals surface area contributed by atoms with Crippen LogP contribution in [0.5, 0.6) is 5.75 Å². The third-order valence-corrected chi connectivity index (χ3v) is 4.22. The van der Waals surface area contributed by atoms with Crippen LogP contribution < -0.4 is 10.3 Å². The fraction of sp³-hybridized carbons (Fsp3) is 0.444. The summed E-state index contributed by atoms with van der Waals surface area (Å²) >= 11 is 0. The lowest BCUT2D eigenvalue weighted by Crippen LogP contribution is -2.36. The molecule has 1 aliphatic heterocycles. The highest BCUT2D eigenvalue weighted by Crippen LogP contribution is 2.26. The number of aromatic nitrogens is 2. The van der Waals surface area contributed by atoms with Gasteiger partial charge in [0.2, 0.25) is 5.82 Å². The van der Waals surface area contributed by atoms with Crippen LogP contribution in [-0.2, 0) is 25.7 Å². The summed E-state index contributed by atoms with van der Waals surface area (Å²) in [6.45, 7) is 4.14. The minimum atomic E-state index is -4.65. The second kappa shape index (κ2) is 7.49. The molecule has 0 spiro atoms. The number of fused-ring (bicyclic) bond motifs is 1. The second-order valence-electron chi connectivity index (χ2n) is 6.29. The van der Waals surface area contributed by atoms with Crippen molar-refractivity contribution in [1.29, 1.82) is 0 Å². The van der Waals surface area contributed by atoms with Crippen molar-refractivity contribution in [3.63, 3.8) is 0 Å². The summed E-state index contributed by atoms with van der Waals surface area (Å²) in [6, 6.07) is 7.70. The quantitative estimate of drug-likeness (QED) is 0.882. The largest absolute Gasteiger partial charge is 0.494 e. The third kappa shape index (κ3) is 4.24. The van der Waals surface area contributed by atoms with Crippen LogP contribution in [0.4, 0.5) is 13.2 Å². The molecule has 26 heavy (non-hydrogen) atoms. The van der Waals surface area contributed by atoms with Gasteiger partial charge in [-0.1, -0.05) is 19.1 Å². The molecule has 2 aromatic rings. The smallest absolute Gasteiger partial charge is 0.449 e. The van der Waals surface area contributed by atoms with Gasteiger partial charge in [0, 0.05) is 26.1 Å². The first kappa shape index (κ1) is 18.4. The summed E-state index contributed by atoms with van der Waals surface area (Å²) in [5, 5.41) is 0. The predicted octanol–water partition coefficient (Wildman–Crippen LogP) is 3.14. The Morgan fingerprint density at radius 2 is 2.00 bits per heavy atom. The molecule has 0 amide bonds. The number of aromatic amines is 1. The van der Waals surface area contributed by atoms with Crippen LogP contribution in [-0.4, -0.2) is 28.0 Å².